The molecule has 0 aromatic heterocycles. The van der Waals surface area contributed by atoms with Crippen molar-refractivity contribution in [3.63, 3.8) is 0 Å². The first kappa shape index (κ1) is 15.0. The van der Waals surface area contributed by atoms with Gasteiger partial charge in [-0.2, -0.15) is 0 Å². The van der Waals surface area contributed by atoms with Crippen molar-refractivity contribution in [1.82, 2.24) is 10.2 Å². The minimum Gasteiger partial charge on any atom is -0.379 e. The largest absolute Gasteiger partial charge is 0.379 e. The summed E-state index contributed by atoms with van der Waals surface area (Å²) in [7, 11) is 0. The van der Waals surface area contributed by atoms with Crippen molar-refractivity contribution in [2.45, 2.75) is 12.8 Å². The number of nitrogens with one attached hydrogen (secondary N) is 1. The van der Waals surface area contributed by atoms with Crippen LogP contribution in [0, 0.1) is 0 Å². The number of rotatable bonds is 7. The van der Waals surface area contributed by atoms with Gasteiger partial charge in [-0.15, -0.1) is 0 Å². The van der Waals surface area contributed by atoms with Gasteiger partial charge in [0.2, 0.25) is 0 Å². The monoisotopic (exact) mass is 326 g/mol. The third-order valence-corrected chi connectivity index (χ3v) is 3.96. The second kappa shape index (κ2) is 8.69. The number of ether oxygens (including phenoxy) is 1. The molecule has 0 bridgehead atoms. The molecule has 1 saturated heterocycles. The van der Waals surface area contributed by atoms with E-state index in [-0.39, 0.29) is 0 Å². The van der Waals surface area contributed by atoms with Crippen molar-refractivity contribution in [2.75, 3.05) is 45.9 Å². The third-order valence-electron chi connectivity index (χ3n) is 3.44. The van der Waals surface area contributed by atoms with Gasteiger partial charge in [-0.25, -0.2) is 0 Å². The van der Waals surface area contributed by atoms with E-state index >= 15 is 0 Å². The Morgan fingerprint density at radius 1 is 1.11 bits per heavy atom. The van der Waals surface area contributed by atoms with Crippen LogP contribution in [-0.4, -0.2) is 50.8 Å². The Kier molecular flexibility index (Phi) is 6.85. The fourth-order valence-electron chi connectivity index (χ4n) is 2.26. The number of morpholine rings is 1. The molecule has 0 unspecified atom stereocenters. The minimum absolute atomic E-state index is 0.900. The van der Waals surface area contributed by atoms with Gasteiger partial charge in [-0.05, 0) is 50.2 Å². The van der Waals surface area contributed by atoms with Crippen LogP contribution >= 0.6 is 15.9 Å². The van der Waals surface area contributed by atoms with Crippen LogP contribution < -0.4 is 5.32 Å². The summed E-state index contributed by atoms with van der Waals surface area (Å²) in [6.45, 7) is 7.35. The zero-order valence-electron chi connectivity index (χ0n) is 11.4. The highest BCUT2D eigenvalue weighted by atomic mass is 79.9. The molecule has 0 amide bonds. The first-order valence-corrected chi connectivity index (χ1v) is 7.89. The summed E-state index contributed by atoms with van der Waals surface area (Å²) >= 11 is 3.46. The first-order valence-electron chi connectivity index (χ1n) is 7.10. The molecule has 1 fully saturated rings. The maximum absolute atomic E-state index is 5.34. The maximum atomic E-state index is 5.34. The zero-order chi connectivity index (χ0) is 13.3. The van der Waals surface area contributed by atoms with E-state index < -0.39 is 0 Å². The van der Waals surface area contributed by atoms with E-state index in [0.717, 1.165) is 50.3 Å². The van der Waals surface area contributed by atoms with Gasteiger partial charge < -0.3 is 10.1 Å². The summed E-state index contributed by atoms with van der Waals surface area (Å²) in [6.07, 6.45) is 2.32. The highest BCUT2D eigenvalue weighted by molar-refractivity contribution is 9.10. The fourth-order valence-corrected chi connectivity index (χ4v) is 2.53. The molecule has 1 N–H and O–H groups in total. The normalized spacial score (nSPS) is 16.7. The van der Waals surface area contributed by atoms with E-state index in [1.54, 1.807) is 0 Å². The Hall–Kier alpha value is -0.420. The van der Waals surface area contributed by atoms with Crippen molar-refractivity contribution in [2.24, 2.45) is 0 Å². The van der Waals surface area contributed by atoms with Crippen molar-refractivity contribution < 1.29 is 4.74 Å². The average Bonchev–Trinajstić information content (AvgIpc) is 2.46. The summed E-state index contributed by atoms with van der Waals surface area (Å²) in [6, 6.07) is 8.57. The van der Waals surface area contributed by atoms with Gasteiger partial charge in [-0.1, -0.05) is 28.1 Å². The summed E-state index contributed by atoms with van der Waals surface area (Å²) in [5.41, 5.74) is 1.39. The molecule has 0 saturated carbocycles. The molecule has 1 aliphatic rings. The Morgan fingerprint density at radius 3 is 2.58 bits per heavy atom. The molecule has 1 aromatic carbocycles. The van der Waals surface area contributed by atoms with Crippen molar-refractivity contribution in [3.05, 3.63) is 34.3 Å². The van der Waals surface area contributed by atoms with Gasteiger partial charge >= 0.3 is 0 Å². The zero-order valence-corrected chi connectivity index (χ0v) is 13.0. The van der Waals surface area contributed by atoms with Crippen molar-refractivity contribution in [1.29, 1.82) is 0 Å². The molecule has 1 aromatic rings. The molecular formula is C15H23BrN2O. The van der Waals surface area contributed by atoms with E-state index in [9.17, 15) is 0 Å². The number of hydrogen-bond acceptors (Lipinski definition) is 3. The van der Waals surface area contributed by atoms with Crippen LogP contribution in [0.25, 0.3) is 0 Å². The van der Waals surface area contributed by atoms with Gasteiger partial charge in [0.15, 0.2) is 0 Å². The quantitative estimate of drug-likeness (QED) is 0.778. The Morgan fingerprint density at radius 2 is 1.84 bits per heavy atom. The first-order chi connectivity index (χ1) is 9.34. The predicted molar refractivity (Wildman–Crippen MR) is 82.6 cm³/mol. The summed E-state index contributed by atoms with van der Waals surface area (Å²) in [5.74, 6) is 0. The lowest BCUT2D eigenvalue weighted by atomic mass is 10.1. The van der Waals surface area contributed by atoms with Gasteiger partial charge in [0.1, 0.15) is 0 Å². The molecule has 0 radical (unpaired) electrons. The predicted octanol–water partition coefficient (Wildman–Crippen LogP) is 2.30. The fraction of sp³-hybridized carbons (Fsp3) is 0.600. The van der Waals surface area contributed by atoms with Crippen LogP contribution in [0.15, 0.2) is 28.7 Å². The van der Waals surface area contributed by atoms with E-state index in [4.69, 9.17) is 4.74 Å². The molecule has 4 heteroatoms. The molecule has 0 atom stereocenters. The molecule has 0 aliphatic carbocycles. The van der Waals surface area contributed by atoms with E-state index in [0.29, 0.717) is 0 Å². The van der Waals surface area contributed by atoms with E-state index in [1.807, 2.05) is 0 Å². The van der Waals surface area contributed by atoms with Crippen LogP contribution in [0.5, 0.6) is 0 Å². The number of hydrogen-bond donors (Lipinski definition) is 1. The van der Waals surface area contributed by atoms with Gasteiger partial charge in [-0.3, -0.25) is 4.90 Å². The Labute approximate surface area is 124 Å². The summed E-state index contributed by atoms with van der Waals surface area (Å²) in [5, 5.41) is 3.52. The van der Waals surface area contributed by atoms with Gasteiger partial charge in [0.25, 0.3) is 0 Å². The van der Waals surface area contributed by atoms with E-state index in [1.165, 1.54) is 18.5 Å². The standard InChI is InChI=1S/C15H23BrN2O/c16-15-4-2-14(3-5-15)6-8-17-7-1-9-18-10-12-19-13-11-18/h2-5,17H,1,6-13H2. The van der Waals surface area contributed by atoms with Crippen molar-refractivity contribution >= 4 is 15.9 Å². The number of nitrogens with zero attached hydrogens (tertiary/aromatic N) is 1. The smallest absolute Gasteiger partial charge is 0.0594 e. The summed E-state index contributed by atoms with van der Waals surface area (Å²) in [4.78, 5) is 2.49. The second-order valence-electron chi connectivity index (χ2n) is 4.93. The minimum atomic E-state index is 0.900. The lowest BCUT2D eigenvalue weighted by Gasteiger charge is -2.26. The maximum Gasteiger partial charge on any atom is 0.0594 e. The molecule has 19 heavy (non-hydrogen) atoms. The highest BCUT2D eigenvalue weighted by Gasteiger charge is 2.08. The summed E-state index contributed by atoms with van der Waals surface area (Å²) < 4.78 is 6.49. The number of benzene rings is 1. The van der Waals surface area contributed by atoms with Crippen LogP contribution in [-0.2, 0) is 11.2 Å². The lowest BCUT2D eigenvalue weighted by Crippen LogP contribution is -2.37. The van der Waals surface area contributed by atoms with Crippen molar-refractivity contribution in [3.8, 4) is 0 Å². The number of halogens is 1. The Bertz CT molecular complexity index is 350. The van der Waals surface area contributed by atoms with E-state index in [2.05, 4.69) is 50.4 Å². The molecule has 2 rings (SSSR count). The topological polar surface area (TPSA) is 24.5 Å². The SMILES string of the molecule is Brc1ccc(CCNCCCN2CCOCC2)cc1. The average molecular weight is 327 g/mol. The molecule has 106 valence electrons. The molecule has 1 heterocycles. The highest BCUT2D eigenvalue weighted by Crippen LogP contribution is 2.10. The van der Waals surface area contributed by atoms with Crippen LogP contribution in [0.3, 0.4) is 0 Å². The molecule has 3 nitrogen and oxygen atoms in total. The molecular weight excluding hydrogens is 304 g/mol. The van der Waals surface area contributed by atoms with Gasteiger partial charge in [0, 0.05) is 17.6 Å². The Balaban J connectivity index is 1.49. The second-order valence-corrected chi connectivity index (χ2v) is 5.85. The molecule has 0 spiro atoms. The third kappa shape index (κ3) is 6.04. The lowest BCUT2D eigenvalue weighted by molar-refractivity contribution is 0.0375. The van der Waals surface area contributed by atoms with Crippen LogP contribution in [0.4, 0.5) is 0 Å². The van der Waals surface area contributed by atoms with Gasteiger partial charge in [0.05, 0.1) is 13.2 Å². The van der Waals surface area contributed by atoms with Crippen LogP contribution in [0.1, 0.15) is 12.0 Å². The molecule has 1 aliphatic heterocycles. The van der Waals surface area contributed by atoms with Crippen LogP contribution in [0.2, 0.25) is 0 Å².